The third kappa shape index (κ3) is 2.11. The van der Waals surface area contributed by atoms with Crippen molar-refractivity contribution in [2.75, 3.05) is 13.1 Å². The normalized spacial score (nSPS) is 29.6. The molecule has 1 aromatic carbocycles. The van der Waals surface area contributed by atoms with Crippen LogP contribution in [0.3, 0.4) is 0 Å². The van der Waals surface area contributed by atoms with Crippen molar-refractivity contribution in [2.45, 2.75) is 25.8 Å². The third-order valence-corrected chi connectivity index (χ3v) is 5.08. The van der Waals surface area contributed by atoms with Gasteiger partial charge < -0.3 is 5.11 Å². The van der Waals surface area contributed by atoms with E-state index in [1.165, 1.54) is 6.07 Å². The molecule has 20 heavy (non-hydrogen) atoms. The molecule has 1 aliphatic heterocycles. The van der Waals surface area contributed by atoms with Crippen LogP contribution in [0, 0.1) is 17.2 Å². The Kier molecular flexibility index (Phi) is 3.46. The van der Waals surface area contributed by atoms with Crippen LogP contribution in [0.5, 0.6) is 0 Å². The third-order valence-electron chi connectivity index (χ3n) is 4.79. The number of carbonyl (C=O) groups is 1. The molecule has 0 aromatic heterocycles. The minimum atomic E-state index is -0.700. The molecular weight excluding hydrogens is 281 g/mol. The molecule has 2 fully saturated rings. The van der Waals surface area contributed by atoms with E-state index in [2.05, 4.69) is 0 Å². The Morgan fingerprint density at radius 3 is 3.05 bits per heavy atom. The van der Waals surface area contributed by atoms with E-state index in [0.29, 0.717) is 18.7 Å². The maximum atomic E-state index is 13.9. The lowest BCUT2D eigenvalue weighted by Crippen LogP contribution is -2.35. The molecule has 1 saturated carbocycles. The lowest BCUT2D eigenvalue weighted by atomic mass is 9.81. The summed E-state index contributed by atoms with van der Waals surface area (Å²) in [7, 11) is 0. The summed E-state index contributed by atoms with van der Waals surface area (Å²) in [5.74, 6) is -0.896. The SMILES string of the molecule is O=C(O)[C@@]12CCC[C@H]1CN(Cc1cccc(Cl)c1F)C2. The highest BCUT2D eigenvalue weighted by Crippen LogP contribution is 2.49. The molecular formula is C15H17ClFNO2. The van der Waals surface area contributed by atoms with E-state index >= 15 is 0 Å². The van der Waals surface area contributed by atoms with Crippen LogP contribution in [0.2, 0.25) is 5.02 Å². The first-order valence-electron chi connectivity index (χ1n) is 6.91. The topological polar surface area (TPSA) is 40.5 Å². The fraction of sp³-hybridized carbons (Fsp3) is 0.533. The largest absolute Gasteiger partial charge is 0.481 e. The molecule has 1 saturated heterocycles. The van der Waals surface area contributed by atoms with Gasteiger partial charge in [-0.1, -0.05) is 30.2 Å². The number of rotatable bonds is 3. The van der Waals surface area contributed by atoms with Crippen molar-refractivity contribution in [3.8, 4) is 0 Å². The van der Waals surface area contributed by atoms with Gasteiger partial charge >= 0.3 is 5.97 Å². The average Bonchev–Trinajstić information content (AvgIpc) is 2.92. The summed E-state index contributed by atoms with van der Waals surface area (Å²) in [6.07, 6.45) is 2.68. The van der Waals surface area contributed by atoms with Crippen LogP contribution in [0.25, 0.3) is 0 Å². The molecule has 0 unspecified atom stereocenters. The Balaban J connectivity index is 1.78. The number of aliphatic carboxylic acids is 1. The van der Waals surface area contributed by atoms with Crippen molar-refractivity contribution >= 4 is 17.6 Å². The molecule has 1 N–H and O–H groups in total. The lowest BCUT2D eigenvalue weighted by Gasteiger charge is -2.23. The van der Waals surface area contributed by atoms with Gasteiger partial charge in [0, 0.05) is 25.2 Å². The highest BCUT2D eigenvalue weighted by atomic mass is 35.5. The van der Waals surface area contributed by atoms with Gasteiger partial charge in [0.25, 0.3) is 0 Å². The smallest absolute Gasteiger partial charge is 0.311 e. The second-order valence-corrected chi connectivity index (χ2v) is 6.34. The molecule has 5 heteroatoms. The van der Waals surface area contributed by atoms with Crippen LogP contribution in [0.1, 0.15) is 24.8 Å². The van der Waals surface area contributed by atoms with E-state index in [1.54, 1.807) is 12.1 Å². The van der Waals surface area contributed by atoms with Gasteiger partial charge in [0.1, 0.15) is 5.82 Å². The number of benzene rings is 1. The van der Waals surface area contributed by atoms with Gasteiger partial charge in [-0.15, -0.1) is 0 Å². The zero-order valence-corrected chi connectivity index (χ0v) is 11.9. The monoisotopic (exact) mass is 297 g/mol. The van der Waals surface area contributed by atoms with Crippen LogP contribution in [-0.4, -0.2) is 29.1 Å². The summed E-state index contributed by atoms with van der Waals surface area (Å²) >= 11 is 5.79. The Morgan fingerprint density at radius 1 is 1.55 bits per heavy atom. The Morgan fingerprint density at radius 2 is 2.35 bits per heavy atom. The predicted molar refractivity (Wildman–Crippen MR) is 74.1 cm³/mol. The Hall–Kier alpha value is -1.13. The van der Waals surface area contributed by atoms with Crippen molar-refractivity contribution in [1.29, 1.82) is 0 Å². The van der Waals surface area contributed by atoms with Gasteiger partial charge in [-0.2, -0.15) is 0 Å². The quantitative estimate of drug-likeness (QED) is 0.931. The van der Waals surface area contributed by atoms with Crippen LogP contribution in [0.4, 0.5) is 4.39 Å². The average molecular weight is 298 g/mol. The maximum absolute atomic E-state index is 13.9. The first kappa shape index (κ1) is 13.8. The molecule has 1 aromatic rings. The van der Waals surface area contributed by atoms with Crippen molar-refractivity contribution < 1.29 is 14.3 Å². The number of hydrogen-bond acceptors (Lipinski definition) is 2. The summed E-state index contributed by atoms with van der Waals surface area (Å²) in [5, 5.41) is 9.66. The standard InChI is InChI=1S/C15H17ClFNO2/c16-12-5-1-3-10(13(12)17)7-18-8-11-4-2-6-15(11,9-18)14(19)20/h1,3,5,11H,2,4,6-9H2,(H,19,20)/t11-,15+/m0/s1. The van der Waals surface area contributed by atoms with Crippen LogP contribution in [0.15, 0.2) is 18.2 Å². The highest BCUT2D eigenvalue weighted by molar-refractivity contribution is 6.30. The fourth-order valence-corrected chi connectivity index (χ4v) is 3.97. The van der Waals surface area contributed by atoms with E-state index in [-0.39, 0.29) is 10.9 Å². The minimum absolute atomic E-state index is 0.120. The number of fused-ring (bicyclic) bond motifs is 1. The first-order valence-corrected chi connectivity index (χ1v) is 7.29. The van der Waals surface area contributed by atoms with E-state index in [4.69, 9.17) is 11.6 Å². The summed E-state index contributed by atoms with van der Waals surface area (Å²) in [4.78, 5) is 13.7. The van der Waals surface area contributed by atoms with Crippen molar-refractivity contribution in [3.05, 3.63) is 34.6 Å². The van der Waals surface area contributed by atoms with Crippen molar-refractivity contribution in [2.24, 2.45) is 11.3 Å². The number of likely N-dealkylation sites (tertiary alicyclic amines) is 1. The molecule has 1 heterocycles. The second-order valence-electron chi connectivity index (χ2n) is 5.93. The molecule has 3 nitrogen and oxygen atoms in total. The summed E-state index contributed by atoms with van der Waals surface area (Å²) in [5.41, 5.74) is -0.0762. The molecule has 0 spiro atoms. The molecule has 3 rings (SSSR count). The van der Waals surface area contributed by atoms with Crippen LogP contribution < -0.4 is 0 Å². The first-order chi connectivity index (χ1) is 9.53. The van der Waals surface area contributed by atoms with Crippen LogP contribution >= 0.6 is 11.6 Å². The molecule has 2 aliphatic rings. The number of nitrogens with zero attached hydrogens (tertiary/aromatic N) is 1. The molecule has 1 aliphatic carbocycles. The molecule has 108 valence electrons. The van der Waals surface area contributed by atoms with Gasteiger partial charge in [-0.3, -0.25) is 9.69 Å². The highest BCUT2D eigenvalue weighted by Gasteiger charge is 2.54. The fourth-order valence-electron chi connectivity index (χ4n) is 3.77. The summed E-state index contributed by atoms with van der Waals surface area (Å²) in [6.45, 7) is 1.68. The van der Waals surface area contributed by atoms with E-state index in [0.717, 1.165) is 25.8 Å². The molecule has 2 atom stereocenters. The number of hydrogen-bond donors (Lipinski definition) is 1. The number of halogens is 2. The molecule has 0 amide bonds. The van der Waals surface area contributed by atoms with Gasteiger partial charge in [0.05, 0.1) is 10.4 Å². The lowest BCUT2D eigenvalue weighted by molar-refractivity contribution is -0.149. The van der Waals surface area contributed by atoms with Crippen molar-refractivity contribution in [3.63, 3.8) is 0 Å². The summed E-state index contributed by atoms with van der Waals surface area (Å²) in [6, 6.07) is 4.96. The minimum Gasteiger partial charge on any atom is -0.481 e. The van der Waals surface area contributed by atoms with Gasteiger partial charge in [-0.05, 0) is 24.8 Å². The maximum Gasteiger partial charge on any atom is 0.311 e. The van der Waals surface area contributed by atoms with Gasteiger partial charge in [0.2, 0.25) is 0 Å². The number of carboxylic acid groups (broad SMARTS) is 1. The van der Waals surface area contributed by atoms with Gasteiger partial charge in [-0.25, -0.2) is 4.39 Å². The Bertz CT molecular complexity index is 551. The molecule has 0 radical (unpaired) electrons. The van der Waals surface area contributed by atoms with E-state index in [1.807, 2.05) is 4.90 Å². The zero-order chi connectivity index (χ0) is 14.3. The second kappa shape index (κ2) is 5.01. The Labute approximate surface area is 122 Å². The number of carboxylic acids is 1. The predicted octanol–water partition coefficient (Wildman–Crippen LogP) is 3.17. The zero-order valence-electron chi connectivity index (χ0n) is 11.1. The molecule has 0 bridgehead atoms. The van der Waals surface area contributed by atoms with E-state index in [9.17, 15) is 14.3 Å². The van der Waals surface area contributed by atoms with Crippen molar-refractivity contribution in [1.82, 2.24) is 4.90 Å². The van der Waals surface area contributed by atoms with Crippen LogP contribution in [-0.2, 0) is 11.3 Å². The van der Waals surface area contributed by atoms with E-state index < -0.39 is 17.2 Å². The van der Waals surface area contributed by atoms with Gasteiger partial charge in [0.15, 0.2) is 0 Å². The summed E-state index contributed by atoms with van der Waals surface area (Å²) < 4.78 is 13.9.